The van der Waals surface area contributed by atoms with Crippen LogP contribution in [0.3, 0.4) is 0 Å². The van der Waals surface area contributed by atoms with E-state index >= 15 is 0 Å². The predicted octanol–water partition coefficient (Wildman–Crippen LogP) is 2.23. The fraction of sp³-hybridized carbons (Fsp3) is 0.357. The van der Waals surface area contributed by atoms with Crippen molar-refractivity contribution in [1.29, 1.82) is 0 Å². The lowest BCUT2D eigenvalue weighted by atomic mass is 10.1. The number of aromatic nitrogens is 2. The van der Waals surface area contributed by atoms with Crippen LogP contribution < -0.4 is 5.32 Å². The Balaban J connectivity index is 1.71. The van der Waals surface area contributed by atoms with E-state index in [9.17, 15) is 5.11 Å². The maximum atomic E-state index is 9.20. The molecule has 1 atom stereocenters. The minimum atomic E-state index is 0.323. The molecule has 1 aromatic carbocycles. The second-order valence-electron chi connectivity index (χ2n) is 4.56. The maximum Gasteiger partial charge on any atom is 0.115 e. The third-order valence-electron chi connectivity index (χ3n) is 3.00. The van der Waals surface area contributed by atoms with E-state index in [2.05, 4.69) is 22.2 Å². The number of phenolic OH excluding ortho intramolecular Hbond substituents is 1. The van der Waals surface area contributed by atoms with Gasteiger partial charge in [-0.3, -0.25) is 0 Å². The first kappa shape index (κ1) is 12.6. The summed E-state index contributed by atoms with van der Waals surface area (Å²) in [5, 5.41) is 12.6. The number of nitrogens with zero attached hydrogens (tertiary/aromatic N) is 1. The molecule has 3 N–H and O–H groups in total. The van der Waals surface area contributed by atoms with E-state index in [1.54, 1.807) is 18.5 Å². The third-order valence-corrected chi connectivity index (χ3v) is 3.00. The third kappa shape index (κ3) is 3.89. The van der Waals surface area contributed by atoms with E-state index in [1.165, 1.54) is 5.56 Å². The van der Waals surface area contributed by atoms with Gasteiger partial charge in [-0.2, -0.15) is 0 Å². The molecule has 2 rings (SSSR count). The number of nitrogens with one attached hydrogen (secondary N) is 2. The molecule has 0 amide bonds. The molecule has 0 fully saturated rings. The van der Waals surface area contributed by atoms with E-state index in [0.717, 1.165) is 25.1 Å². The molecule has 0 aliphatic heterocycles. The van der Waals surface area contributed by atoms with Gasteiger partial charge in [0.1, 0.15) is 5.75 Å². The molecule has 0 saturated heterocycles. The van der Waals surface area contributed by atoms with E-state index < -0.39 is 0 Å². The molecule has 0 aliphatic carbocycles. The molecule has 1 unspecified atom stereocenters. The van der Waals surface area contributed by atoms with Gasteiger partial charge in [0.15, 0.2) is 0 Å². The van der Waals surface area contributed by atoms with Crippen molar-refractivity contribution in [3.05, 3.63) is 48.0 Å². The number of H-pyrrole nitrogens is 1. The molecule has 0 bridgehead atoms. The number of phenols is 1. The smallest absolute Gasteiger partial charge is 0.115 e. The van der Waals surface area contributed by atoms with Crippen LogP contribution in [0.15, 0.2) is 36.8 Å². The first-order valence-electron chi connectivity index (χ1n) is 6.22. The van der Waals surface area contributed by atoms with E-state index in [-0.39, 0.29) is 0 Å². The molecule has 0 aliphatic rings. The number of aromatic hydroxyl groups is 1. The highest BCUT2D eigenvalue weighted by molar-refractivity contribution is 5.25. The number of benzene rings is 1. The highest BCUT2D eigenvalue weighted by atomic mass is 16.3. The van der Waals surface area contributed by atoms with Crippen molar-refractivity contribution in [2.24, 2.45) is 0 Å². The van der Waals surface area contributed by atoms with Crippen LogP contribution in [0, 0.1) is 0 Å². The molecule has 0 spiro atoms. The van der Waals surface area contributed by atoms with Gasteiger partial charge < -0.3 is 15.4 Å². The van der Waals surface area contributed by atoms with E-state index in [0.29, 0.717) is 11.8 Å². The Kier molecular flexibility index (Phi) is 4.36. The van der Waals surface area contributed by atoms with Crippen molar-refractivity contribution in [1.82, 2.24) is 15.3 Å². The highest BCUT2D eigenvalue weighted by Crippen LogP contribution is 2.12. The average Bonchev–Trinajstić information content (AvgIpc) is 2.89. The summed E-state index contributed by atoms with van der Waals surface area (Å²) in [6.07, 6.45) is 5.61. The summed E-state index contributed by atoms with van der Waals surface area (Å²) < 4.78 is 0. The number of imidazole rings is 1. The predicted molar refractivity (Wildman–Crippen MR) is 71.3 cm³/mol. The van der Waals surface area contributed by atoms with Gasteiger partial charge in [-0.05, 0) is 37.5 Å². The van der Waals surface area contributed by atoms with Gasteiger partial charge in [0, 0.05) is 24.5 Å². The summed E-state index contributed by atoms with van der Waals surface area (Å²) in [5.74, 6) is 0.323. The minimum absolute atomic E-state index is 0.323. The molecule has 0 saturated carbocycles. The van der Waals surface area contributed by atoms with Gasteiger partial charge >= 0.3 is 0 Å². The van der Waals surface area contributed by atoms with Gasteiger partial charge in [-0.1, -0.05) is 12.1 Å². The molecule has 4 heteroatoms. The summed E-state index contributed by atoms with van der Waals surface area (Å²) in [4.78, 5) is 7.05. The zero-order chi connectivity index (χ0) is 12.8. The van der Waals surface area contributed by atoms with Crippen LogP contribution in [0.4, 0.5) is 0 Å². The molecule has 18 heavy (non-hydrogen) atoms. The van der Waals surface area contributed by atoms with Gasteiger partial charge in [-0.15, -0.1) is 0 Å². The van der Waals surface area contributed by atoms with E-state index in [1.807, 2.05) is 18.3 Å². The summed E-state index contributed by atoms with van der Waals surface area (Å²) in [7, 11) is 0. The number of hydrogen-bond acceptors (Lipinski definition) is 3. The molecular weight excluding hydrogens is 226 g/mol. The second kappa shape index (κ2) is 6.21. The van der Waals surface area contributed by atoms with E-state index in [4.69, 9.17) is 0 Å². The quantitative estimate of drug-likeness (QED) is 0.731. The molecule has 0 radical (unpaired) electrons. The lowest BCUT2D eigenvalue weighted by Gasteiger charge is -2.13. The van der Waals surface area contributed by atoms with Crippen LogP contribution >= 0.6 is 0 Å². The van der Waals surface area contributed by atoms with Crippen molar-refractivity contribution in [3.8, 4) is 5.75 Å². The van der Waals surface area contributed by atoms with Crippen LogP contribution in [0.2, 0.25) is 0 Å². The van der Waals surface area contributed by atoms with Crippen LogP contribution in [0.5, 0.6) is 5.75 Å². The number of aryl methyl sites for hydroxylation is 1. The van der Waals surface area contributed by atoms with Crippen molar-refractivity contribution < 1.29 is 5.11 Å². The SMILES string of the molecule is CC(CCc1ccc(O)cc1)NCc1cnc[nH]1. The molecule has 1 heterocycles. The number of rotatable bonds is 6. The Bertz CT molecular complexity index is 450. The summed E-state index contributed by atoms with van der Waals surface area (Å²) in [6, 6.07) is 7.85. The molecule has 2 aromatic rings. The van der Waals surface area contributed by atoms with Gasteiger partial charge in [0.25, 0.3) is 0 Å². The van der Waals surface area contributed by atoms with Gasteiger partial charge in [0.2, 0.25) is 0 Å². The molecule has 1 aromatic heterocycles. The summed E-state index contributed by atoms with van der Waals surface area (Å²) >= 11 is 0. The fourth-order valence-electron chi connectivity index (χ4n) is 1.81. The van der Waals surface area contributed by atoms with Crippen LogP contribution in [-0.4, -0.2) is 21.1 Å². The minimum Gasteiger partial charge on any atom is -0.508 e. The monoisotopic (exact) mass is 245 g/mol. The average molecular weight is 245 g/mol. The van der Waals surface area contributed by atoms with Crippen LogP contribution in [0.1, 0.15) is 24.6 Å². The van der Waals surface area contributed by atoms with Crippen molar-refractivity contribution in [2.75, 3.05) is 0 Å². The molecule has 4 nitrogen and oxygen atoms in total. The fourth-order valence-corrected chi connectivity index (χ4v) is 1.81. The lowest BCUT2D eigenvalue weighted by molar-refractivity contribution is 0.474. The zero-order valence-corrected chi connectivity index (χ0v) is 10.6. The standard InChI is InChI=1S/C14H19N3O/c1-11(16-9-13-8-15-10-17-13)2-3-12-4-6-14(18)7-5-12/h4-8,10-11,16,18H,2-3,9H2,1H3,(H,15,17). The topological polar surface area (TPSA) is 60.9 Å². The largest absolute Gasteiger partial charge is 0.508 e. The highest BCUT2D eigenvalue weighted by Gasteiger charge is 2.03. The molecule has 96 valence electrons. The maximum absolute atomic E-state index is 9.20. The Morgan fingerprint density at radius 2 is 2.11 bits per heavy atom. The number of aromatic amines is 1. The van der Waals surface area contributed by atoms with Gasteiger partial charge in [-0.25, -0.2) is 4.98 Å². The first-order chi connectivity index (χ1) is 8.74. The summed E-state index contributed by atoms with van der Waals surface area (Å²) in [6.45, 7) is 2.99. The Morgan fingerprint density at radius 3 is 2.78 bits per heavy atom. The van der Waals surface area contributed by atoms with Crippen LogP contribution in [0.25, 0.3) is 0 Å². The van der Waals surface area contributed by atoms with Crippen LogP contribution in [-0.2, 0) is 13.0 Å². The lowest BCUT2D eigenvalue weighted by Crippen LogP contribution is -2.26. The Hall–Kier alpha value is -1.81. The second-order valence-corrected chi connectivity index (χ2v) is 4.56. The Morgan fingerprint density at radius 1 is 1.33 bits per heavy atom. The summed E-state index contributed by atoms with van der Waals surface area (Å²) in [5.41, 5.74) is 2.36. The van der Waals surface area contributed by atoms with Crippen molar-refractivity contribution >= 4 is 0 Å². The van der Waals surface area contributed by atoms with Crippen molar-refractivity contribution in [3.63, 3.8) is 0 Å². The van der Waals surface area contributed by atoms with Crippen molar-refractivity contribution in [2.45, 2.75) is 32.4 Å². The van der Waals surface area contributed by atoms with Gasteiger partial charge in [0.05, 0.1) is 6.33 Å². The first-order valence-corrected chi connectivity index (χ1v) is 6.22. The normalized spacial score (nSPS) is 12.5. The Labute approximate surface area is 107 Å². The number of hydrogen-bond donors (Lipinski definition) is 3. The molecular formula is C14H19N3O. The zero-order valence-electron chi connectivity index (χ0n) is 10.6.